The second-order valence-electron chi connectivity index (χ2n) is 9.40. The monoisotopic (exact) mass is 600 g/mol. The van der Waals surface area contributed by atoms with E-state index in [2.05, 4.69) is 16.7 Å². The number of rotatable bonds is 7. The first-order valence-corrected chi connectivity index (χ1v) is 14.9. The molecule has 10 heteroatoms. The van der Waals surface area contributed by atoms with Gasteiger partial charge in [-0.3, -0.25) is 14.4 Å². The third-order valence-electron chi connectivity index (χ3n) is 6.62. The maximum absolute atomic E-state index is 13.8. The zero-order chi connectivity index (χ0) is 28.9. The van der Waals surface area contributed by atoms with E-state index in [0.29, 0.717) is 46.3 Å². The van der Waals surface area contributed by atoms with Gasteiger partial charge in [-0.2, -0.15) is 5.26 Å². The van der Waals surface area contributed by atoms with Crippen LogP contribution in [0.1, 0.15) is 44.1 Å². The number of carbonyl (C=O) groups is 3. The number of anilines is 2. The first kappa shape index (κ1) is 28.4. The summed E-state index contributed by atoms with van der Waals surface area (Å²) >= 11 is 8.73. The van der Waals surface area contributed by atoms with Crippen molar-refractivity contribution in [1.82, 2.24) is 4.90 Å². The predicted octanol–water partition coefficient (Wildman–Crippen LogP) is 6.90. The number of nitrogens with one attached hydrogen (secondary N) is 2. The van der Waals surface area contributed by atoms with E-state index in [4.69, 9.17) is 11.6 Å². The van der Waals surface area contributed by atoms with Gasteiger partial charge in [0.1, 0.15) is 16.3 Å². The molecule has 7 nitrogen and oxygen atoms in total. The molecule has 4 aromatic rings. The van der Waals surface area contributed by atoms with Gasteiger partial charge in [0.25, 0.3) is 5.91 Å². The van der Waals surface area contributed by atoms with Gasteiger partial charge < -0.3 is 15.5 Å². The Balaban J connectivity index is 1.38. The molecule has 41 heavy (non-hydrogen) atoms. The van der Waals surface area contributed by atoms with Crippen LogP contribution >= 0.6 is 34.7 Å². The topological polar surface area (TPSA) is 102 Å². The number of fused-ring (bicyclic) bond motifs is 1. The highest BCUT2D eigenvalue weighted by molar-refractivity contribution is 8.00. The molecule has 0 bridgehead atoms. The van der Waals surface area contributed by atoms with Crippen molar-refractivity contribution < 1.29 is 14.4 Å². The van der Waals surface area contributed by atoms with E-state index < -0.39 is 5.25 Å². The Kier molecular flexibility index (Phi) is 8.74. The fraction of sp³-hybridized carbons (Fsp3) is 0.161. The maximum atomic E-state index is 13.8. The molecule has 1 aliphatic rings. The molecule has 3 amide bonds. The fourth-order valence-electron chi connectivity index (χ4n) is 4.57. The Morgan fingerprint density at radius 1 is 1.02 bits per heavy atom. The molecule has 0 fully saturated rings. The van der Waals surface area contributed by atoms with Crippen molar-refractivity contribution in [2.45, 2.75) is 30.0 Å². The lowest BCUT2D eigenvalue weighted by atomic mass is 10.0. The van der Waals surface area contributed by atoms with Gasteiger partial charge in [-0.25, -0.2) is 0 Å². The maximum Gasteiger partial charge on any atom is 0.255 e. The lowest BCUT2D eigenvalue weighted by molar-refractivity contribution is -0.129. The summed E-state index contributed by atoms with van der Waals surface area (Å²) in [5.41, 5.74) is 3.18. The van der Waals surface area contributed by atoms with E-state index in [9.17, 15) is 19.6 Å². The number of thioether (sulfide) groups is 1. The molecule has 0 radical (unpaired) electrons. The van der Waals surface area contributed by atoms with Crippen LogP contribution < -0.4 is 10.6 Å². The molecule has 0 spiro atoms. The Bertz CT molecular complexity index is 1670. The minimum absolute atomic E-state index is 0.0142. The summed E-state index contributed by atoms with van der Waals surface area (Å²) in [7, 11) is 0. The minimum atomic E-state index is -0.630. The quantitative estimate of drug-likeness (QED) is 0.225. The van der Waals surface area contributed by atoms with Crippen LogP contribution in [-0.4, -0.2) is 29.2 Å². The second kappa shape index (κ2) is 12.6. The normalized spacial score (nSPS) is 13.0. The van der Waals surface area contributed by atoms with Crippen molar-refractivity contribution in [2.75, 3.05) is 17.2 Å². The van der Waals surface area contributed by atoms with Gasteiger partial charge in [-0.15, -0.1) is 23.1 Å². The number of nitrogens with zero attached hydrogens (tertiary/aromatic N) is 2. The number of halogens is 1. The SMILES string of the molecule is CC(=O)N1CCc2c(sc(NC(=O)C(Sc3cccc(NC(=O)c4cccc(Cl)c4)c3)c3ccccc3)c2C#N)C1. The van der Waals surface area contributed by atoms with Crippen molar-refractivity contribution in [1.29, 1.82) is 5.26 Å². The summed E-state index contributed by atoms with van der Waals surface area (Å²) < 4.78 is 0. The molecule has 2 N–H and O–H groups in total. The predicted molar refractivity (Wildman–Crippen MR) is 163 cm³/mol. The molecule has 1 aromatic heterocycles. The number of nitriles is 1. The number of benzene rings is 3. The molecule has 3 aromatic carbocycles. The number of amides is 3. The number of thiophene rings is 1. The molecule has 5 rings (SSSR count). The van der Waals surface area contributed by atoms with E-state index >= 15 is 0 Å². The van der Waals surface area contributed by atoms with E-state index in [1.165, 1.54) is 30.0 Å². The molecular weight excluding hydrogens is 576 g/mol. The smallest absolute Gasteiger partial charge is 0.255 e. The van der Waals surface area contributed by atoms with E-state index in [-0.39, 0.29) is 17.7 Å². The van der Waals surface area contributed by atoms with Crippen LogP contribution in [0.4, 0.5) is 10.7 Å². The van der Waals surface area contributed by atoms with Gasteiger partial charge in [0.2, 0.25) is 11.8 Å². The van der Waals surface area contributed by atoms with Crippen LogP contribution in [0.15, 0.2) is 83.8 Å². The van der Waals surface area contributed by atoms with Crippen LogP contribution in [0.3, 0.4) is 0 Å². The summed E-state index contributed by atoms with van der Waals surface area (Å²) in [6, 6.07) is 25.7. The highest BCUT2D eigenvalue weighted by atomic mass is 35.5. The molecule has 1 aliphatic heterocycles. The van der Waals surface area contributed by atoms with Crippen LogP contribution in [0.5, 0.6) is 0 Å². The van der Waals surface area contributed by atoms with E-state index in [1.807, 2.05) is 48.5 Å². The lowest BCUT2D eigenvalue weighted by Crippen LogP contribution is -2.33. The lowest BCUT2D eigenvalue weighted by Gasteiger charge is -2.25. The van der Waals surface area contributed by atoms with E-state index in [1.54, 1.807) is 35.2 Å². The van der Waals surface area contributed by atoms with Crippen LogP contribution in [0.2, 0.25) is 5.02 Å². The van der Waals surface area contributed by atoms with Crippen molar-refractivity contribution in [2.24, 2.45) is 0 Å². The molecule has 0 aliphatic carbocycles. The molecule has 2 heterocycles. The fourth-order valence-corrected chi connectivity index (χ4v) is 7.06. The van der Waals surface area contributed by atoms with Crippen molar-refractivity contribution in [3.8, 4) is 6.07 Å². The Labute approximate surface area is 251 Å². The highest BCUT2D eigenvalue weighted by Gasteiger charge is 2.29. The van der Waals surface area contributed by atoms with Crippen LogP contribution in [0, 0.1) is 11.3 Å². The Morgan fingerprint density at radius 2 is 1.80 bits per heavy atom. The Morgan fingerprint density at radius 3 is 2.54 bits per heavy atom. The van der Waals surface area contributed by atoms with Gasteiger partial charge in [-0.05, 0) is 53.9 Å². The first-order chi connectivity index (χ1) is 19.8. The van der Waals surface area contributed by atoms with Crippen LogP contribution in [-0.2, 0) is 22.6 Å². The standard InChI is InChI=1S/C31H25ClN4O3S2/c1-19(37)36-14-13-25-26(17-33)31(41-27(25)18-36)35-30(39)28(20-7-3-2-4-8-20)40-24-12-6-11-23(16-24)34-29(38)21-9-5-10-22(32)15-21/h2-12,15-16,28H,13-14,18H2,1H3,(H,34,38)(H,35,39). The second-order valence-corrected chi connectivity index (χ2v) is 12.1. The Hall–Kier alpha value is -4.10. The highest BCUT2D eigenvalue weighted by Crippen LogP contribution is 2.40. The van der Waals surface area contributed by atoms with Crippen LogP contribution in [0.25, 0.3) is 0 Å². The molecule has 0 saturated carbocycles. The number of carbonyl (C=O) groups excluding carboxylic acids is 3. The summed E-state index contributed by atoms with van der Waals surface area (Å²) in [6.07, 6.45) is 0.578. The van der Waals surface area contributed by atoms with Crippen molar-refractivity contribution >= 4 is 63.1 Å². The first-order valence-electron chi connectivity index (χ1n) is 12.8. The zero-order valence-electron chi connectivity index (χ0n) is 22.0. The summed E-state index contributed by atoms with van der Waals surface area (Å²) in [5, 5.41) is 16.2. The van der Waals surface area contributed by atoms with Gasteiger partial charge in [0.15, 0.2) is 0 Å². The van der Waals surface area contributed by atoms with Gasteiger partial charge in [0.05, 0.1) is 12.1 Å². The van der Waals surface area contributed by atoms with Gasteiger partial charge in [0, 0.05) is 39.5 Å². The molecular formula is C31H25ClN4O3S2. The van der Waals surface area contributed by atoms with Gasteiger partial charge >= 0.3 is 0 Å². The van der Waals surface area contributed by atoms with Gasteiger partial charge in [-0.1, -0.05) is 54.1 Å². The largest absolute Gasteiger partial charge is 0.337 e. The van der Waals surface area contributed by atoms with Crippen molar-refractivity contribution in [3.05, 3.63) is 111 Å². The average Bonchev–Trinajstić information content (AvgIpc) is 3.32. The molecule has 1 atom stereocenters. The minimum Gasteiger partial charge on any atom is -0.337 e. The van der Waals surface area contributed by atoms with E-state index in [0.717, 1.165) is 20.9 Å². The van der Waals surface area contributed by atoms with Crippen molar-refractivity contribution in [3.63, 3.8) is 0 Å². The number of hydrogen-bond acceptors (Lipinski definition) is 6. The molecule has 0 saturated heterocycles. The summed E-state index contributed by atoms with van der Waals surface area (Å²) in [4.78, 5) is 41.9. The average molecular weight is 601 g/mol. The summed E-state index contributed by atoms with van der Waals surface area (Å²) in [6.45, 7) is 2.52. The summed E-state index contributed by atoms with van der Waals surface area (Å²) in [5.74, 6) is -0.575. The number of hydrogen-bond donors (Lipinski definition) is 2. The third kappa shape index (κ3) is 6.63. The molecule has 1 unspecified atom stereocenters. The zero-order valence-corrected chi connectivity index (χ0v) is 24.4. The third-order valence-corrected chi connectivity index (χ3v) is 9.24. The molecule has 206 valence electrons.